The number of benzene rings is 2. The van der Waals surface area contributed by atoms with E-state index in [1.54, 1.807) is 6.92 Å². The molecule has 2 aromatic carbocycles. The van der Waals surface area contributed by atoms with Gasteiger partial charge in [0.15, 0.2) is 5.78 Å². The molecule has 1 saturated heterocycles. The second-order valence-corrected chi connectivity index (χ2v) is 8.75. The molecule has 2 N–H and O–H groups in total. The summed E-state index contributed by atoms with van der Waals surface area (Å²) >= 11 is 0. The molecule has 32 heavy (non-hydrogen) atoms. The summed E-state index contributed by atoms with van der Waals surface area (Å²) in [5.41, 5.74) is 6.25. The molecule has 1 unspecified atom stereocenters. The maximum absolute atomic E-state index is 12.6. The van der Waals surface area contributed by atoms with Crippen LogP contribution in [0.4, 0.5) is 0 Å². The van der Waals surface area contributed by atoms with Crippen LogP contribution in [0.15, 0.2) is 41.4 Å². The van der Waals surface area contributed by atoms with Crippen molar-refractivity contribution in [1.29, 1.82) is 0 Å². The molecule has 0 radical (unpaired) electrons. The summed E-state index contributed by atoms with van der Waals surface area (Å²) in [6.07, 6.45) is 1.37. The molecule has 1 fully saturated rings. The number of hydrogen-bond donors (Lipinski definition) is 2. The summed E-state index contributed by atoms with van der Waals surface area (Å²) in [6.45, 7) is 8.43. The van der Waals surface area contributed by atoms with Crippen molar-refractivity contribution in [1.82, 2.24) is 9.88 Å². The Labute approximate surface area is 188 Å². The highest BCUT2D eigenvalue weighted by Gasteiger charge is 2.28. The predicted molar refractivity (Wildman–Crippen MR) is 127 cm³/mol. The number of nitrogens with zero attached hydrogens (tertiary/aromatic N) is 2. The van der Waals surface area contributed by atoms with Gasteiger partial charge in [0.25, 0.3) is 0 Å². The van der Waals surface area contributed by atoms with E-state index in [1.807, 2.05) is 55.7 Å². The lowest BCUT2D eigenvalue weighted by Gasteiger charge is -2.19. The van der Waals surface area contributed by atoms with E-state index in [1.165, 1.54) is 0 Å². The molecule has 6 heteroatoms. The monoisotopic (exact) mass is 431 g/mol. The topological polar surface area (TPSA) is 83.7 Å². The normalized spacial score (nSPS) is 16.9. The summed E-state index contributed by atoms with van der Waals surface area (Å²) in [5.74, 6) is -0.929. The second kappa shape index (κ2) is 8.61. The van der Waals surface area contributed by atoms with Gasteiger partial charge in [-0.05, 0) is 75.4 Å². The number of amides is 1. The number of Topliss-reactive ketones (excluding diaryl/α,β-unsaturated/α-hetero) is 1. The van der Waals surface area contributed by atoms with Crippen LogP contribution in [0.2, 0.25) is 0 Å². The Morgan fingerprint density at radius 3 is 2.53 bits per heavy atom. The van der Waals surface area contributed by atoms with E-state index < -0.39 is 5.92 Å². The van der Waals surface area contributed by atoms with Crippen LogP contribution in [0.5, 0.6) is 5.88 Å². The van der Waals surface area contributed by atoms with Crippen molar-refractivity contribution >= 4 is 28.3 Å². The molecule has 166 valence electrons. The fourth-order valence-electron chi connectivity index (χ4n) is 4.55. The van der Waals surface area contributed by atoms with Crippen molar-refractivity contribution in [2.45, 2.75) is 40.5 Å². The minimum atomic E-state index is -0.631. The van der Waals surface area contributed by atoms with Gasteiger partial charge < -0.3 is 10.4 Å². The number of aromatic hydroxyl groups is 1. The number of fused-ring (bicyclic) bond motifs is 1. The van der Waals surface area contributed by atoms with Gasteiger partial charge in [0, 0.05) is 23.3 Å². The Morgan fingerprint density at radius 2 is 1.84 bits per heavy atom. The minimum absolute atomic E-state index is 0.0779. The van der Waals surface area contributed by atoms with Crippen LogP contribution in [-0.2, 0) is 9.59 Å². The van der Waals surface area contributed by atoms with Crippen LogP contribution < -0.4 is 5.32 Å². The first-order chi connectivity index (χ1) is 15.3. The third-order valence-electron chi connectivity index (χ3n) is 6.07. The number of aliphatic imine (C=N–C) groups is 1. The van der Waals surface area contributed by atoms with Gasteiger partial charge in [0.2, 0.25) is 11.8 Å². The third kappa shape index (κ3) is 4.05. The SMILES string of the molecule is CC(=NCC(=O)C1CCCNC1=O)c1c(O)n(-c2cc(C)cc(C)c2)c2cc(C)ccc12. The number of carbonyl (C=O) groups is 2. The zero-order valence-electron chi connectivity index (χ0n) is 19.0. The smallest absolute Gasteiger partial charge is 0.230 e. The molecule has 6 nitrogen and oxygen atoms in total. The van der Waals surface area contributed by atoms with Gasteiger partial charge in [-0.25, -0.2) is 0 Å². The summed E-state index contributed by atoms with van der Waals surface area (Å²) in [4.78, 5) is 29.1. The Morgan fingerprint density at radius 1 is 1.12 bits per heavy atom. The van der Waals surface area contributed by atoms with Crippen molar-refractivity contribution in [2.24, 2.45) is 10.9 Å². The molecular formula is C26H29N3O3. The fraction of sp³-hybridized carbons (Fsp3) is 0.346. The molecule has 1 aromatic heterocycles. The second-order valence-electron chi connectivity index (χ2n) is 8.75. The van der Waals surface area contributed by atoms with Gasteiger partial charge in [-0.1, -0.05) is 18.2 Å². The maximum atomic E-state index is 12.6. The highest BCUT2D eigenvalue weighted by molar-refractivity contribution is 6.13. The summed E-state index contributed by atoms with van der Waals surface area (Å²) in [5, 5.41) is 14.9. The van der Waals surface area contributed by atoms with Gasteiger partial charge in [-0.3, -0.25) is 19.1 Å². The van der Waals surface area contributed by atoms with Gasteiger partial charge >= 0.3 is 0 Å². The first kappa shape index (κ1) is 21.8. The molecule has 1 aliphatic heterocycles. The standard InChI is InChI=1S/C26H29N3O3/c1-15-7-8-20-22(13-15)29(19-11-16(2)10-17(3)12-19)26(32)24(20)18(4)28-14-23(30)21-6-5-9-27-25(21)31/h7-8,10-13,21,32H,5-6,9,14H2,1-4H3,(H,27,31). The molecule has 2 heterocycles. The largest absolute Gasteiger partial charge is 0.494 e. The van der Waals surface area contributed by atoms with Crippen molar-refractivity contribution in [3.05, 3.63) is 58.7 Å². The molecule has 0 spiro atoms. The van der Waals surface area contributed by atoms with E-state index in [0.29, 0.717) is 24.2 Å². The lowest BCUT2D eigenvalue weighted by molar-refractivity contribution is -0.134. The molecular weight excluding hydrogens is 402 g/mol. The average Bonchev–Trinajstić information content (AvgIpc) is 3.02. The number of aryl methyl sites for hydroxylation is 3. The van der Waals surface area contributed by atoms with Crippen LogP contribution in [0.3, 0.4) is 0 Å². The van der Waals surface area contributed by atoms with E-state index in [0.717, 1.165) is 39.7 Å². The quantitative estimate of drug-likeness (QED) is 0.470. The van der Waals surface area contributed by atoms with Crippen LogP contribution in [-0.4, -0.2) is 40.2 Å². The van der Waals surface area contributed by atoms with E-state index in [9.17, 15) is 14.7 Å². The van der Waals surface area contributed by atoms with Crippen molar-refractivity contribution < 1.29 is 14.7 Å². The van der Waals surface area contributed by atoms with E-state index >= 15 is 0 Å². The Bertz CT molecular complexity index is 1230. The lowest BCUT2D eigenvalue weighted by atomic mass is 9.94. The minimum Gasteiger partial charge on any atom is -0.494 e. The molecule has 1 amide bonds. The molecule has 3 aromatic rings. The first-order valence-electron chi connectivity index (χ1n) is 11.0. The third-order valence-corrected chi connectivity index (χ3v) is 6.07. The van der Waals surface area contributed by atoms with E-state index in [4.69, 9.17) is 0 Å². The van der Waals surface area contributed by atoms with Crippen LogP contribution in [0.25, 0.3) is 16.6 Å². The number of hydrogen-bond acceptors (Lipinski definition) is 4. The fourth-order valence-corrected chi connectivity index (χ4v) is 4.55. The Hall–Kier alpha value is -3.41. The molecule has 0 bridgehead atoms. The van der Waals surface area contributed by atoms with E-state index in [-0.39, 0.29) is 24.1 Å². The van der Waals surface area contributed by atoms with Gasteiger partial charge in [-0.15, -0.1) is 0 Å². The zero-order chi connectivity index (χ0) is 23.0. The Kier molecular flexibility index (Phi) is 5.87. The number of aromatic nitrogens is 1. The van der Waals surface area contributed by atoms with Crippen LogP contribution in [0.1, 0.15) is 42.0 Å². The van der Waals surface area contributed by atoms with Crippen molar-refractivity contribution in [3.8, 4) is 11.6 Å². The number of rotatable bonds is 5. The molecule has 1 aliphatic rings. The van der Waals surface area contributed by atoms with Crippen molar-refractivity contribution in [2.75, 3.05) is 13.1 Å². The maximum Gasteiger partial charge on any atom is 0.230 e. The van der Waals surface area contributed by atoms with Gasteiger partial charge in [-0.2, -0.15) is 0 Å². The number of ketones is 1. The number of nitrogens with one attached hydrogen (secondary N) is 1. The average molecular weight is 432 g/mol. The number of carbonyl (C=O) groups excluding carboxylic acids is 2. The van der Waals surface area contributed by atoms with Crippen molar-refractivity contribution in [3.63, 3.8) is 0 Å². The van der Waals surface area contributed by atoms with Crippen LogP contribution >= 0.6 is 0 Å². The van der Waals surface area contributed by atoms with Gasteiger partial charge in [0.1, 0.15) is 0 Å². The summed E-state index contributed by atoms with van der Waals surface area (Å²) in [6, 6.07) is 12.2. The molecule has 4 rings (SSSR count). The summed E-state index contributed by atoms with van der Waals surface area (Å²) in [7, 11) is 0. The van der Waals surface area contributed by atoms with E-state index in [2.05, 4.69) is 16.4 Å². The molecule has 1 atom stereocenters. The van der Waals surface area contributed by atoms with Gasteiger partial charge in [0.05, 0.1) is 23.5 Å². The highest BCUT2D eigenvalue weighted by Crippen LogP contribution is 2.36. The van der Waals surface area contributed by atoms with Crippen LogP contribution in [0, 0.1) is 26.7 Å². The lowest BCUT2D eigenvalue weighted by Crippen LogP contribution is -2.41. The Balaban J connectivity index is 1.77. The summed E-state index contributed by atoms with van der Waals surface area (Å²) < 4.78 is 1.84. The number of piperidine rings is 1. The zero-order valence-corrected chi connectivity index (χ0v) is 19.0. The first-order valence-corrected chi connectivity index (χ1v) is 11.0. The highest BCUT2D eigenvalue weighted by atomic mass is 16.3. The molecule has 0 saturated carbocycles. The molecule has 0 aliphatic carbocycles. The predicted octanol–water partition coefficient (Wildman–Crippen LogP) is 4.17.